The average Bonchev–Trinajstić information content (AvgIpc) is 2.26. The monoisotopic (exact) mass is 237 g/mol. The van der Waals surface area contributed by atoms with Gasteiger partial charge < -0.3 is 20.7 Å². The molecule has 0 aliphatic rings. The maximum absolute atomic E-state index is 11.2. The van der Waals surface area contributed by atoms with Crippen molar-refractivity contribution in [2.45, 2.75) is 6.92 Å². The quantitative estimate of drug-likeness (QED) is 0.747. The number of nitrogens with two attached hydrogens (primary N) is 1. The number of carbonyl (C=O) groups excluding carboxylic acids is 2. The number of aliphatic carboxylic acids is 1. The second-order valence-electron chi connectivity index (χ2n) is 3.66. The minimum atomic E-state index is -1.29. The van der Waals surface area contributed by atoms with Gasteiger partial charge in [-0.3, -0.25) is 4.90 Å². The molecule has 0 aliphatic heterocycles. The molecule has 0 fully saturated rings. The first-order chi connectivity index (χ1) is 7.93. The summed E-state index contributed by atoms with van der Waals surface area (Å²) in [6.07, 6.45) is 0. The molecule has 0 spiro atoms. The Morgan fingerprint density at radius 3 is 2.53 bits per heavy atom. The van der Waals surface area contributed by atoms with Gasteiger partial charge in [0.2, 0.25) is 0 Å². The second kappa shape index (κ2) is 5.20. The number of benzene rings is 1. The van der Waals surface area contributed by atoms with Crippen molar-refractivity contribution in [2.75, 3.05) is 11.4 Å². The van der Waals surface area contributed by atoms with E-state index >= 15 is 0 Å². The molecule has 0 aromatic heterocycles. The normalized spacial score (nSPS) is 11.8. The highest BCUT2D eigenvalue weighted by molar-refractivity contribution is 5.92. The van der Waals surface area contributed by atoms with Crippen LogP contribution >= 0.6 is 0 Å². The lowest BCUT2D eigenvalue weighted by Crippen LogP contribution is -2.43. The zero-order valence-electron chi connectivity index (χ0n) is 9.29. The van der Waals surface area contributed by atoms with Gasteiger partial charge in [-0.1, -0.05) is 19.1 Å². The molecule has 6 nitrogen and oxygen atoms in total. The molecule has 0 radical (unpaired) electrons. The van der Waals surface area contributed by atoms with Gasteiger partial charge in [0.15, 0.2) is 0 Å². The molecule has 0 bridgehead atoms. The third kappa shape index (κ3) is 3.10. The first-order valence-electron chi connectivity index (χ1n) is 4.99. The first kappa shape index (κ1) is 12.8. The van der Waals surface area contributed by atoms with E-state index in [1.807, 2.05) is 0 Å². The van der Waals surface area contributed by atoms with E-state index in [9.17, 15) is 19.8 Å². The second-order valence-corrected chi connectivity index (χ2v) is 3.66. The lowest BCUT2D eigenvalue weighted by atomic mass is 10.1. The largest absolute Gasteiger partial charge is 0.550 e. The number of hydrogen-bond acceptors (Lipinski definition) is 4. The van der Waals surface area contributed by atoms with E-state index in [-0.39, 0.29) is 18.0 Å². The van der Waals surface area contributed by atoms with Crippen molar-refractivity contribution in [3.63, 3.8) is 0 Å². The zero-order chi connectivity index (χ0) is 13.0. The van der Waals surface area contributed by atoms with Crippen LogP contribution in [0.25, 0.3) is 0 Å². The molecular weight excluding hydrogens is 224 g/mol. The number of rotatable bonds is 4. The molecule has 92 valence electrons. The zero-order valence-corrected chi connectivity index (χ0v) is 9.29. The number of aromatic hydroxyl groups is 1. The number of carboxylic acid groups (broad SMARTS) is 1. The fourth-order valence-corrected chi connectivity index (χ4v) is 1.35. The fourth-order valence-electron chi connectivity index (χ4n) is 1.35. The number of hydrogen-bond donors (Lipinski definition) is 2. The molecule has 0 aliphatic carbocycles. The Balaban J connectivity index is 2.99. The summed E-state index contributed by atoms with van der Waals surface area (Å²) in [5.74, 6) is -2.31. The average molecular weight is 237 g/mol. The fraction of sp³-hybridized carbons (Fsp3) is 0.273. The molecule has 0 saturated heterocycles. The van der Waals surface area contributed by atoms with Crippen LogP contribution in [0.2, 0.25) is 0 Å². The molecule has 0 saturated carbocycles. The van der Waals surface area contributed by atoms with E-state index in [1.54, 1.807) is 12.1 Å². The number of para-hydroxylation sites is 2. The Morgan fingerprint density at radius 1 is 1.47 bits per heavy atom. The number of phenols is 1. The molecule has 1 atom stereocenters. The number of anilines is 1. The summed E-state index contributed by atoms with van der Waals surface area (Å²) in [6, 6.07) is 5.21. The summed E-state index contributed by atoms with van der Waals surface area (Å²) in [5, 5.41) is 20.2. The van der Waals surface area contributed by atoms with Gasteiger partial charge in [-0.2, -0.15) is 0 Å². The van der Waals surface area contributed by atoms with Crippen molar-refractivity contribution in [3.05, 3.63) is 24.3 Å². The van der Waals surface area contributed by atoms with Gasteiger partial charge in [-0.05, 0) is 12.1 Å². The molecule has 0 unspecified atom stereocenters. The van der Waals surface area contributed by atoms with E-state index in [0.717, 1.165) is 4.90 Å². The minimum Gasteiger partial charge on any atom is -0.550 e. The van der Waals surface area contributed by atoms with Gasteiger partial charge in [0.1, 0.15) is 5.75 Å². The molecule has 1 aromatic rings. The minimum absolute atomic E-state index is 0.142. The van der Waals surface area contributed by atoms with E-state index in [0.29, 0.717) is 0 Å². The number of carbonyl (C=O) groups is 2. The number of amides is 2. The molecule has 17 heavy (non-hydrogen) atoms. The third-order valence-corrected chi connectivity index (χ3v) is 2.30. The highest BCUT2D eigenvalue weighted by atomic mass is 16.4. The highest BCUT2D eigenvalue weighted by Gasteiger charge is 2.18. The van der Waals surface area contributed by atoms with Gasteiger partial charge in [0.25, 0.3) is 0 Å². The third-order valence-electron chi connectivity index (χ3n) is 2.30. The smallest absolute Gasteiger partial charge is 0.319 e. The van der Waals surface area contributed by atoms with E-state index in [4.69, 9.17) is 5.73 Å². The lowest BCUT2D eigenvalue weighted by molar-refractivity contribution is -0.310. The van der Waals surface area contributed by atoms with Crippen molar-refractivity contribution in [3.8, 4) is 5.75 Å². The Labute approximate surface area is 98.3 Å². The van der Waals surface area contributed by atoms with Crippen molar-refractivity contribution in [1.82, 2.24) is 0 Å². The van der Waals surface area contributed by atoms with Gasteiger partial charge in [0, 0.05) is 18.4 Å². The topological polar surface area (TPSA) is 107 Å². The molecule has 3 N–H and O–H groups in total. The van der Waals surface area contributed by atoms with Crippen LogP contribution in [0.5, 0.6) is 5.75 Å². The van der Waals surface area contributed by atoms with E-state index in [2.05, 4.69) is 0 Å². The maximum atomic E-state index is 11.2. The Hall–Kier alpha value is -2.24. The van der Waals surface area contributed by atoms with Crippen LogP contribution in [0.15, 0.2) is 24.3 Å². The molecule has 6 heteroatoms. The predicted molar refractivity (Wildman–Crippen MR) is 59.2 cm³/mol. The number of nitrogens with zero attached hydrogens (tertiary/aromatic N) is 1. The van der Waals surface area contributed by atoms with E-state index in [1.165, 1.54) is 19.1 Å². The lowest BCUT2D eigenvalue weighted by Gasteiger charge is -2.25. The highest BCUT2D eigenvalue weighted by Crippen LogP contribution is 2.26. The van der Waals surface area contributed by atoms with Crippen LogP contribution in [0, 0.1) is 5.92 Å². The van der Waals surface area contributed by atoms with Crippen LogP contribution in [-0.4, -0.2) is 23.7 Å². The maximum Gasteiger partial charge on any atom is 0.319 e. The number of carboxylic acids is 1. The summed E-state index contributed by atoms with van der Waals surface area (Å²) < 4.78 is 0. The van der Waals surface area contributed by atoms with Crippen LogP contribution in [0.3, 0.4) is 0 Å². The van der Waals surface area contributed by atoms with Gasteiger partial charge in [-0.15, -0.1) is 0 Å². The van der Waals surface area contributed by atoms with Crippen LogP contribution < -0.4 is 15.7 Å². The molecule has 1 rings (SSSR count). The predicted octanol–water partition coefficient (Wildman–Crippen LogP) is -0.337. The van der Waals surface area contributed by atoms with Crippen LogP contribution in [-0.2, 0) is 4.79 Å². The summed E-state index contributed by atoms with van der Waals surface area (Å²) in [4.78, 5) is 22.9. The van der Waals surface area contributed by atoms with Crippen molar-refractivity contribution >= 4 is 17.7 Å². The molecular formula is C11H13N2O4-. The van der Waals surface area contributed by atoms with E-state index < -0.39 is 17.9 Å². The Morgan fingerprint density at radius 2 is 2.06 bits per heavy atom. The standard InChI is InChI=1S/C11H14N2O4/c1-7(10(15)16)6-13(11(12)17)8-4-2-3-5-9(8)14/h2-5,7,14H,6H2,1H3,(H2,12,17)(H,15,16)/p-1/t7-/m1/s1. The van der Waals surface area contributed by atoms with Crippen molar-refractivity contribution in [2.24, 2.45) is 11.7 Å². The van der Waals surface area contributed by atoms with Crippen molar-refractivity contribution < 1.29 is 19.8 Å². The summed E-state index contributed by atoms with van der Waals surface area (Å²) >= 11 is 0. The summed E-state index contributed by atoms with van der Waals surface area (Å²) in [6.45, 7) is 1.24. The molecule has 0 heterocycles. The van der Waals surface area contributed by atoms with Gasteiger partial charge >= 0.3 is 6.03 Å². The van der Waals surface area contributed by atoms with Crippen LogP contribution in [0.1, 0.15) is 6.92 Å². The summed E-state index contributed by atoms with van der Waals surface area (Å²) in [5.41, 5.74) is 5.32. The van der Waals surface area contributed by atoms with Crippen LogP contribution in [0.4, 0.5) is 10.5 Å². The molecule has 2 amide bonds. The Bertz CT molecular complexity index is 433. The number of primary amides is 1. The van der Waals surface area contributed by atoms with Gasteiger partial charge in [-0.25, -0.2) is 4.79 Å². The summed E-state index contributed by atoms with van der Waals surface area (Å²) in [7, 11) is 0. The Kier molecular flexibility index (Phi) is 3.92. The van der Waals surface area contributed by atoms with Gasteiger partial charge in [0.05, 0.1) is 5.69 Å². The number of urea groups is 1. The first-order valence-corrected chi connectivity index (χ1v) is 4.99. The van der Waals surface area contributed by atoms with Crippen molar-refractivity contribution in [1.29, 1.82) is 0 Å². The molecule has 1 aromatic carbocycles. The number of phenolic OH excluding ortho intramolecular Hbond substituents is 1. The SMILES string of the molecule is C[C@H](CN(C(N)=O)c1ccccc1O)C(=O)[O-].